The summed E-state index contributed by atoms with van der Waals surface area (Å²) in [6.07, 6.45) is 0. The number of halogens is 3. The van der Waals surface area contributed by atoms with Crippen molar-refractivity contribution >= 4 is 21.9 Å². The normalized spacial score (nSPS) is 11.5. The Balaban J connectivity index is 3.40. The maximum Gasteiger partial charge on any atom is 0.379 e. The summed E-state index contributed by atoms with van der Waals surface area (Å²) < 4.78 is 27.0. The Hall–Kier alpha value is -0.970. The lowest BCUT2D eigenvalue weighted by Crippen LogP contribution is -2.26. The van der Waals surface area contributed by atoms with Gasteiger partial charge in [0, 0.05) is 10.0 Å². The van der Waals surface area contributed by atoms with Gasteiger partial charge in [-0.3, -0.25) is 0 Å². The summed E-state index contributed by atoms with van der Waals surface area (Å²) >= 11 is 3.15. The molecule has 15 heavy (non-hydrogen) atoms. The third-order valence-corrected chi connectivity index (χ3v) is 3.41. The van der Waals surface area contributed by atoms with E-state index in [1.165, 1.54) is 13.0 Å². The fourth-order valence-electron chi connectivity index (χ4n) is 1.28. The summed E-state index contributed by atoms with van der Waals surface area (Å²) in [5.41, 5.74) is 0.562. The van der Waals surface area contributed by atoms with Gasteiger partial charge in [0.05, 0.1) is 0 Å². The van der Waals surface area contributed by atoms with E-state index in [0.717, 1.165) is 11.6 Å². The molecule has 0 bridgehead atoms. The molecule has 0 amide bonds. The van der Waals surface area contributed by atoms with Crippen molar-refractivity contribution in [3.8, 4) is 0 Å². The molecule has 0 aromatic heterocycles. The van der Waals surface area contributed by atoms with Crippen molar-refractivity contribution in [2.45, 2.75) is 19.8 Å². The number of aliphatic carboxylic acids is 1. The standard InChI is InChI=1S/C10H9BrF2O2/c1-5-3-4-7(6(2)8(5)11)10(12,13)9(14)15/h3-4H,1-2H3,(H,14,15). The van der Waals surface area contributed by atoms with E-state index in [2.05, 4.69) is 15.9 Å². The number of rotatable bonds is 2. The first kappa shape index (κ1) is 12.1. The molecule has 0 saturated carbocycles. The topological polar surface area (TPSA) is 37.3 Å². The molecular formula is C10H9BrF2O2. The number of aryl methyl sites for hydroxylation is 1. The second kappa shape index (κ2) is 3.89. The molecule has 1 aromatic carbocycles. The van der Waals surface area contributed by atoms with Crippen LogP contribution in [0.15, 0.2) is 16.6 Å². The number of carbonyl (C=O) groups is 1. The zero-order valence-corrected chi connectivity index (χ0v) is 9.73. The smallest absolute Gasteiger partial charge is 0.379 e. The van der Waals surface area contributed by atoms with Gasteiger partial charge in [0.2, 0.25) is 0 Å². The second-order valence-corrected chi connectivity index (χ2v) is 4.04. The zero-order valence-electron chi connectivity index (χ0n) is 8.14. The third-order valence-electron chi connectivity index (χ3n) is 2.19. The predicted octanol–water partition coefficient (Wildman–Crippen LogP) is 3.24. The predicted molar refractivity (Wildman–Crippen MR) is 55.1 cm³/mol. The molecule has 0 aliphatic rings. The minimum absolute atomic E-state index is 0.252. The summed E-state index contributed by atoms with van der Waals surface area (Å²) in [7, 11) is 0. The van der Waals surface area contributed by atoms with E-state index in [1.807, 2.05) is 0 Å². The van der Waals surface area contributed by atoms with Crippen molar-refractivity contribution < 1.29 is 18.7 Å². The van der Waals surface area contributed by atoms with E-state index < -0.39 is 17.5 Å². The van der Waals surface area contributed by atoms with Crippen LogP contribution in [0.3, 0.4) is 0 Å². The van der Waals surface area contributed by atoms with Crippen LogP contribution in [-0.4, -0.2) is 11.1 Å². The first-order valence-electron chi connectivity index (χ1n) is 4.16. The fourth-order valence-corrected chi connectivity index (χ4v) is 1.62. The Labute approximate surface area is 94.0 Å². The van der Waals surface area contributed by atoms with Gasteiger partial charge in [0.1, 0.15) is 0 Å². The highest BCUT2D eigenvalue weighted by atomic mass is 79.9. The summed E-state index contributed by atoms with van der Waals surface area (Å²) in [5.74, 6) is -5.98. The first-order valence-corrected chi connectivity index (χ1v) is 4.95. The van der Waals surface area contributed by atoms with E-state index in [1.54, 1.807) is 6.92 Å². The largest absolute Gasteiger partial charge is 0.477 e. The van der Waals surface area contributed by atoms with Gasteiger partial charge < -0.3 is 5.11 Å². The zero-order chi connectivity index (χ0) is 11.8. The van der Waals surface area contributed by atoms with Crippen molar-refractivity contribution in [1.29, 1.82) is 0 Å². The van der Waals surface area contributed by atoms with Gasteiger partial charge in [-0.2, -0.15) is 8.78 Å². The van der Waals surface area contributed by atoms with Crippen molar-refractivity contribution in [2.75, 3.05) is 0 Å². The second-order valence-electron chi connectivity index (χ2n) is 3.25. The van der Waals surface area contributed by atoms with Gasteiger partial charge in [-0.1, -0.05) is 28.1 Å². The van der Waals surface area contributed by atoms with E-state index in [0.29, 0.717) is 4.47 Å². The third kappa shape index (κ3) is 2.02. The van der Waals surface area contributed by atoms with Gasteiger partial charge >= 0.3 is 11.9 Å². The average Bonchev–Trinajstić information content (AvgIpc) is 2.13. The summed E-state index contributed by atoms with van der Waals surface area (Å²) in [6.45, 7) is 3.21. The Bertz CT molecular complexity index is 416. The molecule has 82 valence electrons. The van der Waals surface area contributed by atoms with Crippen LogP contribution in [0, 0.1) is 13.8 Å². The monoisotopic (exact) mass is 278 g/mol. The fraction of sp³-hybridized carbons (Fsp3) is 0.300. The molecule has 0 aliphatic carbocycles. The number of hydrogen-bond acceptors (Lipinski definition) is 1. The van der Waals surface area contributed by atoms with Gasteiger partial charge in [-0.05, 0) is 25.0 Å². The van der Waals surface area contributed by atoms with Crippen LogP contribution in [0.4, 0.5) is 8.78 Å². The lowest BCUT2D eigenvalue weighted by Gasteiger charge is -2.16. The van der Waals surface area contributed by atoms with Gasteiger partial charge in [0.15, 0.2) is 0 Å². The van der Waals surface area contributed by atoms with Gasteiger partial charge in [-0.25, -0.2) is 4.79 Å². The number of hydrogen-bond donors (Lipinski definition) is 1. The summed E-state index contributed by atoms with van der Waals surface area (Å²) in [4.78, 5) is 10.4. The SMILES string of the molecule is Cc1ccc(C(F)(F)C(=O)O)c(C)c1Br. The minimum atomic E-state index is -3.85. The van der Waals surface area contributed by atoms with Crippen molar-refractivity contribution in [2.24, 2.45) is 0 Å². The highest BCUT2D eigenvalue weighted by Gasteiger charge is 2.42. The van der Waals surface area contributed by atoms with E-state index in [9.17, 15) is 13.6 Å². The summed E-state index contributed by atoms with van der Waals surface area (Å²) in [6, 6.07) is 2.60. The quantitative estimate of drug-likeness (QED) is 0.902. The maximum absolute atomic E-state index is 13.2. The lowest BCUT2D eigenvalue weighted by molar-refractivity contribution is -0.166. The Morgan fingerprint density at radius 2 is 1.93 bits per heavy atom. The molecule has 1 rings (SSSR count). The van der Waals surface area contributed by atoms with Crippen LogP contribution in [0.5, 0.6) is 0 Å². The first-order chi connectivity index (χ1) is 6.78. The number of benzene rings is 1. The molecule has 2 nitrogen and oxygen atoms in total. The molecule has 0 heterocycles. The van der Waals surface area contributed by atoms with Gasteiger partial charge in [0.25, 0.3) is 0 Å². The van der Waals surface area contributed by atoms with Gasteiger partial charge in [-0.15, -0.1) is 0 Å². The van der Waals surface area contributed by atoms with Crippen molar-refractivity contribution in [1.82, 2.24) is 0 Å². The van der Waals surface area contributed by atoms with Crippen LogP contribution in [0.25, 0.3) is 0 Å². The molecule has 0 unspecified atom stereocenters. The average molecular weight is 279 g/mol. The van der Waals surface area contributed by atoms with E-state index >= 15 is 0 Å². The molecule has 0 saturated heterocycles. The molecule has 0 aliphatic heterocycles. The molecule has 0 spiro atoms. The van der Waals surface area contributed by atoms with Crippen LogP contribution in [0.2, 0.25) is 0 Å². The van der Waals surface area contributed by atoms with Crippen molar-refractivity contribution in [3.63, 3.8) is 0 Å². The lowest BCUT2D eigenvalue weighted by atomic mass is 10.0. The number of alkyl halides is 2. The molecule has 0 atom stereocenters. The Morgan fingerprint density at radius 1 is 1.40 bits per heavy atom. The van der Waals surface area contributed by atoms with Crippen molar-refractivity contribution in [3.05, 3.63) is 33.3 Å². The number of carboxylic acids is 1. The van der Waals surface area contributed by atoms with Crippen LogP contribution in [0.1, 0.15) is 16.7 Å². The molecule has 0 fully saturated rings. The van der Waals surface area contributed by atoms with E-state index in [-0.39, 0.29) is 5.56 Å². The molecule has 1 N–H and O–H groups in total. The molecule has 1 aromatic rings. The Morgan fingerprint density at radius 3 is 2.40 bits per heavy atom. The van der Waals surface area contributed by atoms with Crippen LogP contribution in [-0.2, 0) is 10.7 Å². The highest BCUT2D eigenvalue weighted by Crippen LogP contribution is 2.35. The van der Waals surface area contributed by atoms with Crippen LogP contribution >= 0.6 is 15.9 Å². The molecule has 5 heteroatoms. The highest BCUT2D eigenvalue weighted by molar-refractivity contribution is 9.10. The summed E-state index contributed by atoms with van der Waals surface area (Å²) in [5, 5.41) is 8.41. The Kier molecular flexibility index (Phi) is 3.13. The van der Waals surface area contributed by atoms with Crippen LogP contribution < -0.4 is 0 Å². The molecular weight excluding hydrogens is 270 g/mol. The minimum Gasteiger partial charge on any atom is -0.477 e. The molecule has 0 radical (unpaired) electrons. The maximum atomic E-state index is 13.2. The number of carboxylic acid groups (broad SMARTS) is 1. The van der Waals surface area contributed by atoms with E-state index in [4.69, 9.17) is 5.11 Å².